The van der Waals surface area contributed by atoms with E-state index in [1.54, 1.807) is 6.07 Å². The first-order valence-corrected chi connectivity index (χ1v) is 5.88. The highest BCUT2D eigenvalue weighted by Crippen LogP contribution is 2.24. The van der Waals surface area contributed by atoms with E-state index in [4.69, 9.17) is 5.53 Å². The van der Waals surface area contributed by atoms with Crippen molar-refractivity contribution in [2.24, 2.45) is 5.11 Å². The maximum Gasteiger partial charge on any atom is 0.141 e. The van der Waals surface area contributed by atoms with Gasteiger partial charge in [0.1, 0.15) is 5.82 Å². The molecule has 0 aliphatic carbocycles. The molecule has 1 rings (SSSR count). The van der Waals surface area contributed by atoms with Crippen LogP contribution in [0.1, 0.15) is 12.0 Å². The molecule has 82 valence electrons. The quantitative estimate of drug-likeness (QED) is 0.250. The Morgan fingerprint density at radius 1 is 1.44 bits per heavy atom. The predicted molar refractivity (Wildman–Crippen MR) is 67.3 cm³/mol. The average Bonchev–Trinajstić information content (AvgIpc) is 2.20. The van der Waals surface area contributed by atoms with Crippen LogP contribution in [0.2, 0.25) is 0 Å². The average molecular weight is 347 g/mol. The lowest BCUT2D eigenvalue weighted by atomic mass is 10.2. The van der Waals surface area contributed by atoms with Crippen LogP contribution in [-0.2, 0) is 0 Å². The minimum Gasteiger partial charge on any atom is -0.206 e. The van der Waals surface area contributed by atoms with E-state index in [1.807, 2.05) is 0 Å². The molecular weight excluding hydrogens is 341 g/mol. The first-order valence-electron chi connectivity index (χ1n) is 4.29. The second kappa shape index (κ2) is 6.54. The summed E-state index contributed by atoms with van der Waals surface area (Å²) in [5, 5.41) is 3.33. The Kier molecular flexibility index (Phi) is 5.33. The molecule has 0 heterocycles. The summed E-state index contributed by atoms with van der Waals surface area (Å²) in [7, 11) is 0. The highest BCUT2D eigenvalue weighted by atomic mass is 79.9. The molecule has 6 heteroatoms. The Bertz CT molecular complexity index is 476. The Morgan fingerprint density at radius 2 is 2.19 bits per heavy atom. The van der Waals surface area contributed by atoms with Crippen molar-refractivity contribution in [1.82, 2.24) is 0 Å². The van der Waals surface area contributed by atoms with E-state index >= 15 is 0 Å². The maximum absolute atomic E-state index is 13.4. The van der Waals surface area contributed by atoms with Gasteiger partial charge in [0.05, 0.1) is 5.56 Å². The molecule has 1 aromatic carbocycles. The number of hydrogen-bond acceptors (Lipinski definition) is 1. The van der Waals surface area contributed by atoms with Gasteiger partial charge in [-0.05, 0) is 33.6 Å². The van der Waals surface area contributed by atoms with Crippen LogP contribution in [0, 0.1) is 17.7 Å². The van der Waals surface area contributed by atoms with Crippen LogP contribution >= 0.6 is 31.9 Å². The monoisotopic (exact) mass is 345 g/mol. The van der Waals surface area contributed by atoms with Gasteiger partial charge in [0.2, 0.25) is 0 Å². The summed E-state index contributed by atoms with van der Waals surface area (Å²) in [6, 6.07) is 3.07. The molecule has 0 atom stereocenters. The second-order valence-corrected chi connectivity index (χ2v) is 4.52. The number of hydrogen-bond donors (Lipinski definition) is 0. The molecule has 0 bridgehead atoms. The zero-order chi connectivity index (χ0) is 12.0. The van der Waals surface area contributed by atoms with E-state index < -0.39 is 5.82 Å². The highest BCUT2D eigenvalue weighted by molar-refractivity contribution is 9.11. The van der Waals surface area contributed by atoms with Crippen LogP contribution in [0.5, 0.6) is 0 Å². The molecule has 0 fully saturated rings. The standard InChI is InChI=1S/C10H6Br2FN3/c11-7-5-9(12)8(10(13)6-7)3-1-2-4-15-16-14/h5-6H,2,4H2. The van der Waals surface area contributed by atoms with E-state index in [9.17, 15) is 4.39 Å². The fourth-order valence-electron chi connectivity index (χ4n) is 0.963. The molecule has 0 N–H and O–H groups in total. The van der Waals surface area contributed by atoms with E-state index in [0.29, 0.717) is 27.5 Å². The van der Waals surface area contributed by atoms with Crippen molar-refractivity contribution in [2.75, 3.05) is 6.54 Å². The van der Waals surface area contributed by atoms with Crippen LogP contribution in [-0.4, -0.2) is 6.54 Å². The minimum atomic E-state index is -0.391. The summed E-state index contributed by atoms with van der Waals surface area (Å²) < 4.78 is 14.7. The van der Waals surface area contributed by atoms with Gasteiger partial charge in [0, 0.05) is 26.8 Å². The molecule has 0 aromatic heterocycles. The van der Waals surface area contributed by atoms with Gasteiger partial charge in [-0.3, -0.25) is 0 Å². The van der Waals surface area contributed by atoms with Crippen molar-refractivity contribution in [3.05, 3.63) is 42.9 Å². The van der Waals surface area contributed by atoms with Gasteiger partial charge in [-0.15, -0.1) is 0 Å². The lowest BCUT2D eigenvalue weighted by Gasteiger charge is -1.99. The fourth-order valence-corrected chi connectivity index (χ4v) is 2.24. The van der Waals surface area contributed by atoms with Gasteiger partial charge >= 0.3 is 0 Å². The van der Waals surface area contributed by atoms with Crippen molar-refractivity contribution in [2.45, 2.75) is 6.42 Å². The SMILES string of the molecule is [N-]=[N+]=NCCC#Cc1c(F)cc(Br)cc1Br. The van der Waals surface area contributed by atoms with Gasteiger partial charge in [0.25, 0.3) is 0 Å². The van der Waals surface area contributed by atoms with Crippen LogP contribution in [0.3, 0.4) is 0 Å². The number of rotatable bonds is 2. The van der Waals surface area contributed by atoms with Gasteiger partial charge < -0.3 is 0 Å². The molecule has 0 unspecified atom stereocenters. The molecule has 16 heavy (non-hydrogen) atoms. The molecule has 0 saturated carbocycles. The van der Waals surface area contributed by atoms with Crippen LogP contribution in [0.25, 0.3) is 10.4 Å². The smallest absolute Gasteiger partial charge is 0.141 e. The molecule has 0 spiro atoms. The van der Waals surface area contributed by atoms with E-state index in [1.165, 1.54) is 6.07 Å². The Balaban J connectivity index is 2.84. The van der Waals surface area contributed by atoms with Crippen molar-refractivity contribution >= 4 is 31.9 Å². The molecular formula is C10H6Br2FN3. The minimum absolute atomic E-state index is 0.291. The Hall–Kier alpha value is -1.02. The van der Waals surface area contributed by atoms with Gasteiger partial charge in [-0.1, -0.05) is 32.9 Å². The molecule has 0 saturated heterocycles. The fraction of sp³-hybridized carbons (Fsp3) is 0.200. The number of halogens is 3. The zero-order valence-corrected chi connectivity index (χ0v) is 11.2. The molecule has 0 amide bonds. The first kappa shape index (κ1) is 13.0. The first-order chi connectivity index (χ1) is 7.65. The topological polar surface area (TPSA) is 48.8 Å². The molecule has 1 aromatic rings. The summed E-state index contributed by atoms with van der Waals surface area (Å²) in [4.78, 5) is 2.59. The third kappa shape index (κ3) is 3.86. The molecule has 0 radical (unpaired) electrons. The van der Waals surface area contributed by atoms with Crippen molar-refractivity contribution < 1.29 is 4.39 Å². The van der Waals surface area contributed by atoms with Crippen molar-refractivity contribution in [1.29, 1.82) is 0 Å². The Labute approximate surface area is 109 Å². The molecule has 0 aliphatic rings. The number of benzene rings is 1. The van der Waals surface area contributed by atoms with E-state index in [2.05, 4.69) is 53.7 Å². The largest absolute Gasteiger partial charge is 0.206 e. The number of nitrogens with zero attached hydrogens (tertiary/aromatic N) is 3. The molecule has 3 nitrogen and oxygen atoms in total. The van der Waals surface area contributed by atoms with Crippen molar-refractivity contribution in [3.63, 3.8) is 0 Å². The Morgan fingerprint density at radius 3 is 2.81 bits per heavy atom. The third-order valence-corrected chi connectivity index (χ3v) is 2.70. The van der Waals surface area contributed by atoms with Gasteiger partial charge in [-0.25, -0.2) is 4.39 Å². The van der Waals surface area contributed by atoms with E-state index in [0.717, 1.165) is 0 Å². The third-order valence-electron chi connectivity index (χ3n) is 1.62. The predicted octanol–water partition coefficient (Wildman–Crippen LogP) is 4.40. The van der Waals surface area contributed by atoms with Crippen LogP contribution in [0.4, 0.5) is 4.39 Å². The summed E-state index contributed by atoms with van der Waals surface area (Å²) in [5.41, 5.74) is 8.35. The van der Waals surface area contributed by atoms with Crippen LogP contribution in [0.15, 0.2) is 26.2 Å². The van der Waals surface area contributed by atoms with Crippen LogP contribution < -0.4 is 0 Å². The number of azide groups is 1. The highest BCUT2D eigenvalue weighted by Gasteiger charge is 2.05. The maximum atomic E-state index is 13.4. The van der Waals surface area contributed by atoms with Gasteiger partial charge in [-0.2, -0.15) is 0 Å². The zero-order valence-electron chi connectivity index (χ0n) is 8.04. The summed E-state index contributed by atoms with van der Waals surface area (Å²) in [6.07, 6.45) is 0.409. The lowest BCUT2D eigenvalue weighted by Crippen LogP contribution is -1.86. The van der Waals surface area contributed by atoms with Gasteiger partial charge in [0.15, 0.2) is 0 Å². The van der Waals surface area contributed by atoms with Crippen molar-refractivity contribution in [3.8, 4) is 11.8 Å². The normalized spacial score (nSPS) is 8.94. The summed E-state index contributed by atoms with van der Waals surface area (Å²) >= 11 is 6.40. The summed E-state index contributed by atoms with van der Waals surface area (Å²) in [6.45, 7) is 0.291. The lowest BCUT2D eigenvalue weighted by molar-refractivity contribution is 0.622. The molecule has 0 aliphatic heterocycles. The second-order valence-electron chi connectivity index (χ2n) is 2.75. The van der Waals surface area contributed by atoms with E-state index in [-0.39, 0.29) is 0 Å². The summed E-state index contributed by atoms with van der Waals surface area (Å²) in [5.74, 6) is 5.04.